The number of carbonyl (C=O) groups excluding carboxylic acids is 1. The lowest BCUT2D eigenvalue weighted by molar-refractivity contribution is -0.140. The smallest absolute Gasteiger partial charge is 0.433 e. The summed E-state index contributed by atoms with van der Waals surface area (Å²) in [7, 11) is -2.03. The molecule has 3 N–H and O–H groups in total. The Morgan fingerprint density at radius 3 is 2.51 bits per heavy atom. The van der Waals surface area contributed by atoms with Crippen molar-refractivity contribution < 1.29 is 35.5 Å². The number of fused-ring (bicyclic) bond motifs is 1. The van der Waals surface area contributed by atoms with Crippen LogP contribution >= 0.6 is 0 Å². The third kappa shape index (κ3) is 5.55. The minimum atomic E-state index is -4.64. The molecule has 0 radical (unpaired) electrons. The van der Waals surface area contributed by atoms with Crippen molar-refractivity contribution in [3.63, 3.8) is 0 Å². The molecule has 1 aliphatic heterocycles. The second kappa shape index (κ2) is 10.3. The maximum atomic E-state index is 13.2. The maximum Gasteiger partial charge on any atom is 0.433 e. The molecule has 0 spiro atoms. The largest absolute Gasteiger partial charge is 0.494 e. The fourth-order valence-electron chi connectivity index (χ4n) is 4.16. The second-order valence-electron chi connectivity index (χ2n) is 8.49. The molecule has 37 heavy (non-hydrogen) atoms. The van der Waals surface area contributed by atoms with E-state index in [1.165, 1.54) is 19.2 Å². The Morgan fingerprint density at radius 2 is 1.92 bits per heavy atom. The van der Waals surface area contributed by atoms with Crippen LogP contribution in [0.4, 0.5) is 13.2 Å². The summed E-state index contributed by atoms with van der Waals surface area (Å²) in [6.45, 7) is 2.02. The Balaban J connectivity index is 1.64. The van der Waals surface area contributed by atoms with Crippen LogP contribution < -0.4 is 15.2 Å². The summed E-state index contributed by atoms with van der Waals surface area (Å²) in [6.07, 6.45) is -3.78. The molecule has 10 nitrogen and oxygen atoms in total. The van der Waals surface area contributed by atoms with Crippen molar-refractivity contribution in [2.75, 3.05) is 26.0 Å². The molecule has 1 aromatic carbocycles. The predicted octanol–water partition coefficient (Wildman–Crippen LogP) is 2.92. The molecule has 0 bridgehead atoms. The van der Waals surface area contributed by atoms with Crippen LogP contribution in [0.1, 0.15) is 41.7 Å². The van der Waals surface area contributed by atoms with Crippen LogP contribution in [0.25, 0.3) is 22.4 Å². The summed E-state index contributed by atoms with van der Waals surface area (Å²) in [5, 5.41) is 0.292. The third-order valence-corrected chi connectivity index (χ3v) is 7.61. The Hall–Kier alpha value is -3.23. The molecule has 1 saturated heterocycles. The number of hydrogen-bond donors (Lipinski definition) is 2. The van der Waals surface area contributed by atoms with E-state index in [9.17, 15) is 26.4 Å². The number of amides is 1. The molecule has 1 aliphatic rings. The zero-order chi connectivity index (χ0) is 27.0. The molecule has 4 rings (SSSR count). The number of benzene rings is 1. The molecule has 0 unspecified atom stereocenters. The first-order valence-electron chi connectivity index (χ1n) is 11.5. The average molecular weight is 542 g/mol. The predicted molar refractivity (Wildman–Crippen MR) is 128 cm³/mol. The first-order valence-corrected chi connectivity index (χ1v) is 13.2. The minimum absolute atomic E-state index is 0.00334. The molecule has 0 atom stereocenters. The number of sulfonamides is 1. The van der Waals surface area contributed by atoms with Crippen LogP contribution in [0.3, 0.4) is 0 Å². The standard InChI is InChI=1S/C23H26F3N5O5S/c1-3-37(33,34)30-13-8-10-31(11-9-13)22(32)20-17(12-27)36-21(29-20)15-4-6-16(35-2)19-14(15)5-7-18(28-19)23(24,25)26/h4-7,13,30H,3,8-12,27H2,1-2H3. The van der Waals surface area contributed by atoms with E-state index < -0.39 is 27.8 Å². The zero-order valence-corrected chi connectivity index (χ0v) is 20.9. The molecule has 0 saturated carbocycles. The van der Waals surface area contributed by atoms with E-state index in [0.29, 0.717) is 36.9 Å². The van der Waals surface area contributed by atoms with Gasteiger partial charge < -0.3 is 19.8 Å². The number of hydrogen-bond acceptors (Lipinski definition) is 8. The van der Waals surface area contributed by atoms with Gasteiger partial charge in [0.05, 0.1) is 19.4 Å². The number of ether oxygens (including phenoxy) is 1. The number of carbonyl (C=O) groups is 1. The number of pyridine rings is 1. The van der Waals surface area contributed by atoms with Gasteiger partial charge >= 0.3 is 6.18 Å². The second-order valence-corrected chi connectivity index (χ2v) is 10.5. The highest BCUT2D eigenvalue weighted by Gasteiger charge is 2.34. The van der Waals surface area contributed by atoms with Gasteiger partial charge in [0.2, 0.25) is 15.9 Å². The number of methoxy groups -OCH3 is 1. The van der Waals surface area contributed by atoms with Crippen LogP contribution in [0, 0.1) is 0 Å². The van der Waals surface area contributed by atoms with Gasteiger partial charge in [0.25, 0.3) is 5.91 Å². The summed E-state index contributed by atoms with van der Waals surface area (Å²) < 4.78 is 77.0. The number of alkyl halides is 3. The first kappa shape index (κ1) is 26.8. The van der Waals surface area contributed by atoms with Crippen molar-refractivity contribution in [3.05, 3.63) is 41.4 Å². The van der Waals surface area contributed by atoms with Crippen LogP contribution in [0.15, 0.2) is 28.7 Å². The molecule has 0 aliphatic carbocycles. The quantitative estimate of drug-likeness (QED) is 0.465. The summed E-state index contributed by atoms with van der Waals surface area (Å²) in [5.41, 5.74) is 5.00. The van der Waals surface area contributed by atoms with Crippen LogP contribution in [0.2, 0.25) is 0 Å². The monoisotopic (exact) mass is 541 g/mol. The average Bonchev–Trinajstić information content (AvgIpc) is 3.31. The fraction of sp³-hybridized carbons (Fsp3) is 0.435. The molecular formula is C23H26F3N5O5S. The maximum absolute atomic E-state index is 13.2. The van der Waals surface area contributed by atoms with Gasteiger partial charge in [0.15, 0.2) is 11.5 Å². The van der Waals surface area contributed by atoms with E-state index in [4.69, 9.17) is 14.9 Å². The Labute approximate surface area is 211 Å². The molecule has 1 amide bonds. The summed E-state index contributed by atoms with van der Waals surface area (Å²) in [4.78, 5) is 22.9. The van der Waals surface area contributed by atoms with Gasteiger partial charge in [0, 0.05) is 30.1 Å². The van der Waals surface area contributed by atoms with Crippen molar-refractivity contribution in [2.24, 2.45) is 5.73 Å². The number of piperidine rings is 1. The number of halogens is 3. The molecule has 200 valence electrons. The van der Waals surface area contributed by atoms with Crippen molar-refractivity contribution >= 4 is 26.8 Å². The number of oxazole rings is 1. The van der Waals surface area contributed by atoms with E-state index in [0.717, 1.165) is 6.07 Å². The molecule has 2 aromatic heterocycles. The number of rotatable bonds is 7. The van der Waals surface area contributed by atoms with E-state index >= 15 is 0 Å². The van der Waals surface area contributed by atoms with E-state index in [1.807, 2.05) is 0 Å². The van der Waals surface area contributed by atoms with E-state index in [-0.39, 0.29) is 47.0 Å². The van der Waals surface area contributed by atoms with E-state index in [2.05, 4.69) is 14.7 Å². The molecule has 3 aromatic rings. The van der Waals surface area contributed by atoms with Crippen molar-refractivity contribution in [1.82, 2.24) is 19.6 Å². The first-order chi connectivity index (χ1) is 17.5. The van der Waals surface area contributed by atoms with Crippen LogP contribution in [0.5, 0.6) is 5.75 Å². The van der Waals surface area contributed by atoms with E-state index in [1.54, 1.807) is 17.9 Å². The summed E-state index contributed by atoms with van der Waals surface area (Å²) in [5.74, 6) is -0.196. The Morgan fingerprint density at radius 1 is 1.22 bits per heavy atom. The fourth-order valence-corrected chi connectivity index (χ4v) is 5.07. The van der Waals surface area contributed by atoms with Crippen molar-refractivity contribution in [1.29, 1.82) is 0 Å². The topological polar surface area (TPSA) is 141 Å². The molecular weight excluding hydrogens is 515 g/mol. The van der Waals surface area contributed by atoms with Gasteiger partial charge in [0.1, 0.15) is 17.0 Å². The lowest BCUT2D eigenvalue weighted by Gasteiger charge is -2.31. The van der Waals surface area contributed by atoms with Crippen LogP contribution in [-0.4, -0.2) is 61.2 Å². The number of nitrogens with zero attached hydrogens (tertiary/aromatic N) is 3. The third-order valence-electron chi connectivity index (χ3n) is 6.15. The highest BCUT2D eigenvalue weighted by molar-refractivity contribution is 7.89. The molecule has 3 heterocycles. The zero-order valence-electron chi connectivity index (χ0n) is 20.1. The number of nitrogens with two attached hydrogens (primary N) is 1. The van der Waals surface area contributed by atoms with Crippen LogP contribution in [-0.2, 0) is 22.7 Å². The lowest BCUT2D eigenvalue weighted by atomic mass is 10.1. The summed E-state index contributed by atoms with van der Waals surface area (Å²) >= 11 is 0. The van der Waals surface area contributed by atoms with Gasteiger partial charge in [-0.2, -0.15) is 13.2 Å². The number of nitrogens with one attached hydrogen (secondary N) is 1. The minimum Gasteiger partial charge on any atom is -0.494 e. The Bertz CT molecular complexity index is 1420. The Kier molecular flexibility index (Phi) is 7.44. The highest BCUT2D eigenvalue weighted by Crippen LogP contribution is 2.37. The lowest BCUT2D eigenvalue weighted by Crippen LogP contribution is -2.47. The number of likely N-dealkylation sites (tertiary alicyclic amines) is 1. The van der Waals surface area contributed by atoms with Gasteiger partial charge in [-0.15, -0.1) is 0 Å². The number of aromatic nitrogens is 2. The van der Waals surface area contributed by atoms with Gasteiger partial charge in [-0.25, -0.2) is 23.1 Å². The molecule has 14 heteroatoms. The summed E-state index contributed by atoms with van der Waals surface area (Å²) in [6, 6.07) is 4.83. The van der Waals surface area contributed by atoms with Gasteiger partial charge in [-0.05, 0) is 44.0 Å². The van der Waals surface area contributed by atoms with Gasteiger partial charge in [-0.3, -0.25) is 4.79 Å². The van der Waals surface area contributed by atoms with Gasteiger partial charge in [-0.1, -0.05) is 0 Å². The molecule has 1 fully saturated rings. The SMILES string of the molecule is CCS(=O)(=O)NC1CCN(C(=O)c2nc(-c3ccc(OC)c4nc(C(F)(F)F)ccc34)oc2CN)CC1. The van der Waals surface area contributed by atoms with Crippen molar-refractivity contribution in [3.8, 4) is 17.2 Å². The normalized spacial score (nSPS) is 15.4. The highest BCUT2D eigenvalue weighted by atomic mass is 32.2. The van der Waals surface area contributed by atoms with Crippen molar-refractivity contribution in [2.45, 2.75) is 38.5 Å².